The molecule has 0 aliphatic carbocycles. The summed E-state index contributed by atoms with van der Waals surface area (Å²) in [5, 5.41) is 2.14. The van der Waals surface area contributed by atoms with Crippen molar-refractivity contribution in [3.63, 3.8) is 0 Å². The van der Waals surface area contributed by atoms with Crippen LogP contribution in [-0.4, -0.2) is 15.0 Å². The normalized spacial score (nSPS) is 11.3. The fraction of sp³-hybridized carbons (Fsp3) is 0. The van der Waals surface area contributed by atoms with Crippen LogP contribution in [-0.2, 0) is 0 Å². The lowest BCUT2D eigenvalue weighted by Gasteiger charge is -2.13. The summed E-state index contributed by atoms with van der Waals surface area (Å²) >= 11 is 0. The van der Waals surface area contributed by atoms with Crippen LogP contribution in [0, 0.1) is 0 Å². The van der Waals surface area contributed by atoms with Gasteiger partial charge < -0.3 is 4.42 Å². The average Bonchev–Trinajstić information content (AvgIpc) is 3.74. The number of para-hydroxylation sites is 1. The van der Waals surface area contributed by atoms with Crippen LogP contribution in [0.3, 0.4) is 0 Å². The van der Waals surface area contributed by atoms with Crippen LogP contribution in [0.25, 0.3) is 112 Å². The van der Waals surface area contributed by atoms with Crippen LogP contribution in [0.15, 0.2) is 229 Å². The Morgan fingerprint density at radius 3 is 1.20 bits per heavy atom. The number of aromatic nitrogens is 3. The number of nitrogens with zero attached hydrogens (tertiary/aromatic N) is 3. The molecule has 0 fully saturated rings. The molecule has 286 valence electrons. The number of furan rings is 1. The van der Waals surface area contributed by atoms with Crippen molar-refractivity contribution in [2.24, 2.45) is 0 Å². The van der Waals surface area contributed by atoms with E-state index in [4.69, 9.17) is 19.4 Å². The summed E-state index contributed by atoms with van der Waals surface area (Å²) in [5.41, 5.74) is 15.3. The van der Waals surface area contributed by atoms with Crippen molar-refractivity contribution < 1.29 is 4.42 Å². The molecule has 4 heteroatoms. The first-order chi connectivity index (χ1) is 30.2. The van der Waals surface area contributed by atoms with Gasteiger partial charge in [0.05, 0.1) is 0 Å². The minimum Gasteiger partial charge on any atom is -0.455 e. The lowest BCUT2D eigenvalue weighted by molar-refractivity contribution is 0.671. The molecule has 0 unspecified atom stereocenters. The van der Waals surface area contributed by atoms with Gasteiger partial charge in [0.15, 0.2) is 17.5 Å². The fourth-order valence-electron chi connectivity index (χ4n) is 8.28. The summed E-state index contributed by atoms with van der Waals surface area (Å²) in [6, 6.07) is 78.1. The zero-order valence-electron chi connectivity index (χ0n) is 33.1. The topological polar surface area (TPSA) is 51.8 Å². The third-order valence-electron chi connectivity index (χ3n) is 11.3. The van der Waals surface area contributed by atoms with E-state index >= 15 is 0 Å². The molecule has 0 saturated carbocycles. The maximum atomic E-state index is 6.97. The number of hydrogen-bond acceptors (Lipinski definition) is 4. The summed E-state index contributed by atoms with van der Waals surface area (Å²) in [6.45, 7) is 0. The van der Waals surface area contributed by atoms with E-state index in [1.54, 1.807) is 0 Å². The van der Waals surface area contributed by atoms with Crippen molar-refractivity contribution in [1.82, 2.24) is 15.0 Å². The molecule has 9 aromatic carbocycles. The van der Waals surface area contributed by atoms with Crippen LogP contribution >= 0.6 is 0 Å². The molecule has 0 amide bonds. The van der Waals surface area contributed by atoms with E-state index in [-0.39, 0.29) is 0 Å². The van der Waals surface area contributed by atoms with E-state index in [0.717, 1.165) is 94.3 Å². The zero-order chi connectivity index (χ0) is 40.5. The van der Waals surface area contributed by atoms with Gasteiger partial charge in [0.2, 0.25) is 0 Å². The summed E-state index contributed by atoms with van der Waals surface area (Å²) in [5.74, 6) is 1.80. The van der Waals surface area contributed by atoms with Crippen molar-refractivity contribution in [3.8, 4) is 89.8 Å². The number of rotatable bonds is 8. The fourth-order valence-corrected chi connectivity index (χ4v) is 8.28. The predicted octanol–water partition coefficient (Wildman–Crippen LogP) is 15.1. The average molecular weight is 780 g/mol. The molecule has 4 nitrogen and oxygen atoms in total. The summed E-state index contributed by atoms with van der Waals surface area (Å²) < 4.78 is 6.97. The number of hydrogen-bond donors (Lipinski definition) is 0. The van der Waals surface area contributed by atoms with Crippen molar-refractivity contribution in [2.75, 3.05) is 0 Å². The van der Waals surface area contributed by atoms with Crippen LogP contribution < -0.4 is 0 Å². The lowest BCUT2D eigenvalue weighted by Crippen LogP contribution is -2.00. The monoisotopic (exact) mass is 779 g/mol. The van der Waals surface area contributed by atoms with E-state index in [2.05, 4.69) is 176 Å². The largest absolute Gasteiger partial charge is 0.455 e. The molecular formula is C57H37N3O. The summed E-state index contributed by atoms with van der Waals surface area (Å²) in [6.07, 6.45) is 0. The van der Waals surface area contributed by atoms with Crippen LogP contribution in [0.2, 0.25) is 0 Å². The SMILES string of the molecule is c1ccc(-c2cc(-c3ccccc3)cc(-c3nc(-c4ccccc4)nc(-c4cccc(-c5cccc6c5oc5c(-c7ccccc7)cc(-c7ccccc7)cc56)c4)n3)c2)cc1. The molecule has 0 aliphatic rings. The molecule has 11 rings (SSSR count). The van der Waals surface area contributed by atoms with Gasteiger partial charge in [-0.2, -0.15) is 0 Å². The highest BCUT2D eigenvalue weighted by Crippen LogP contribution is 2.43. The standard InChI is InChI=1S/C57H37N3O/c1-6-18-38(19-7-1)45-33-46(39-20-8-2-9-21-39)35-48(34-45)57-59-55(42-26-14-5-15-27-42)58-56(60-57)44-29-16-28-43(32-44)49-30-17-31-50-52-37-47(40-22-10-3-11-23-40)36-51(54(52)61-53(49)50)41-24-12-4-13-25-41/h1-37H. The maximum absolute atomic E-state index is 6.97. The van der Waals surface area contributed by atoms with Crippen LogP contribution in [0.1, 0.15) is 0 Å². The second kappa shape index (κ2) is 15.5. The van der Waals surface area contributed by atoms with Gasteiger partial charge in [-0.3, -0.25) is 0 Å². The quantitative estimate of drug-likeness (QED) is 0.154. The predicted molar refractivity (Wildman–Crippen MR) is 251 cm³/mol. The Balaban J connectivity index is 1.08. The van der Waals surface area contributed by atoms with Crippen molar-refractivity contribution in [3.05, 3.63) is 224 Å². The van der Waals surface area contributed by atoms with Gasteiger partial charge >= 0.3 is 0 Å². The Hall–Kier alpha value is -8.21. The minimum absolute atomic E-state index is 0.590. The van der Waals surface area contributed by atoms with Gasteiger partial charge in [-0.25, -0.2) is 15.0 Å². The third kappa shape index (κ3) is 6.96. The second-order valence-electron chi connectivity index (χ2n) is 15.2. The smallest absolute Gasteiger partial charge is 0.164 e. The van der Waals surface area contributed by atoms with Crippen molar-refractivity contribution in [1.29, 1.82) is 0 Å². The van der Waals surface area contributed by atoms with Gasteiger partial charge in [0, 0.05) is 38.6 Å². The van der Waals surface area contributed by atoms with Crippen molar-refractivity contribution >= 4 is 21.9 Å². The molecule has 61 heavy (non-hydrogen) atoms. The minimum atomic E-state index is 0.590. The van der Waals surface area contributed by atoms with Gasteiger partial charge in [0.25, 0.3) is 0 Å². The Kier molecular flexibility index (Phi) is 9.14. The molecule has 0 atom stereocenters. The number of benzene rings is 9. The number of fused-ring (bicyclic) bond motifs is 3. The molecule has 0 saturated heterocycles. The summed E-state index contributed by atoms with van der Waals surface area (Å²) in [7, 11) is 0. The summed E-state index contributed by atoms with van der Waals surface area (Å²) in [4.78, 5) is 15.5. The molecule has 0 bridgehead atoms. The molecule has 0 aliphatic heterocycles. The van der Waals surface area contributed by atoms with E-state index in [0.29, 0.717) is 17.5 Å². The van der Waals surface area contributed by atoms with Gasteiger partial charge in [-0.05, 0) is 80.9 Å². The maximum Gasteiger partial charge on any atom is 0.164 e. The zero-order valence-corrected chi connectivity index (χ0v) is 33.1. The van der Waals surface area contributed by atoms with E-state index in [9.17, 15) is 0 Å². The molecule has 2 aromatic heterocycles. The molecule has 0 N–H and O–H groups in total. The van der Waals surface area contributed by atoms with E-state index < -0.39 is 0 Å². The molecule has 11 aromatic rings. The Labute approximate surface area is 354 Å². The highest BCUT2D eigenvalue weighted by atomic mass is 16.3. The lowest BCUT2D eigenvalue weighted by atomic mass is 9.95. The molecule has 0 spiro atoms. The highest BCUT2D eigenvalue weighted by Gasteiger charge is 2.20. The first kappa shape index (κ1) is 35.9. The van der Waals surface area contributed by atoms with Gasteiger partial charge in [-0.1, -0.05) is 188 Å². The first-order valence-electron chi connectivity index (χ1n) is 20.5. The van der Waals surface area contributed by atoms with Gasteiger partial charge in [0.1, 0.15) is 11.2 Å². The Morgan fingerprint density at radius 1 is 0.230 bits per heavy atom. The second-order valence-corrected chi connectivity index (χ2v) is 15.2. The Morgan fingerprint density at radius 2 is 0.623 bits per heavy atom. The first-order valence-corrected chi connectivity index (χ1v) is 20.5. The third-order valence-corrected chi connectivity index (χ3v) is 11.3. The molecule has 2 heterocycles. The van der Waals surface area contributed by atoms with Crippen LogP contribution in [0.4, 0.5) is 0 Å². The Bertz CT molecular complexity index is 3270. The van der Waals surface area contributed by atoms with Gasteiger partial charge in [-0.15, -0.1) is 0 Å². The highest BCUT2D eigenvalue weighted by molar-refractivity contribution is 6.14. The van der Waals surface area contributed by atoms with Crippen LogP contribution in [0.5, 0.6) is 0 Å². The molecule has 0 radical (unpaired) electrons. The van der Waals surface area contributed by atoms with Crippen molar-refractivity contribution in [2.45, 2.75) is 0 Å². The van der Waals surface area contributed by atoms with E-state index in [1.807, 2.05) is 48.5 Å². The van der Waals surface area contributed by atoms with E-state index in [1.165, 1.54) is 0 Å². The molecular weight excluding hydrogens is 743 g/mol.